The second-order valence-electron chi connectivity index (χ2n) is 7.09. The maximum absolute atomic E-state index is 12.9. The third-order valence-corrected chi connectivity index (χ3v) is 5.10. The minimum absolute atomic E-state index is 0.00393. The highest BCUT2D eigenvalue weighted by atomic mass is 16.1. The van der Waals surface area contributed by atoms with Crippen LogP contribution in [-0.4, -0.2) is 9.55 Å². The van der Waals surface area contributed by atoms with Gasteiger partial charge in [0.15, 0.2) is 0 Å². The molecule has 0 radical (unpaired) electrons. The van der Waals surface area contributed by atoms with Gasteiger partial charge in [0.05, 0.1) is 18.2 Å². The Kier molecular flexibility index (Phi) is 6.06. The van der Waals surface area contributed by atoms with Gasteiger partial charge in [-0.25, -0.2) is 4.98 Å². The van der Waals surface area contributed by atoms with Crippen LogP contribution < -0.4 is 5.56 Å². The Morgan fingerprint density at radius 1 is 1.11 bits per heavy atom. The summed E-state index contributed by atoms with van der Waals surface area (Å²) in [6, 6.07) is 18.0. The Labute approximate surface area is 166 Å². The molecule has 4 nitrogen and oxygen atoms in total. The molecular formula is C24H25N3O. The molecule has 0 unspecified atom stereocenters. The van der Waals surface area contributed by atoms with E-state index in [-0.39, 0.29) is 5.56 Å². The van der Waals surface area contributed by atoms with E-state index in [1.165, 1.54) is 0 Å². The number of aryl methyl sites for hydroxylation is 2. The zero-order chi connectivity index (χ0) is 20.1. The van der Waals surface area contributed by atoms with Crippen molar-refractivity contribution in [2.24, 2.45) is 0 Å². The Morgan fingerprint density at radius 3 is 2.54 bits per heavy atom. The molecule has 28 heavy (non-hydrogen) atoms. The summed E-state index contributed by atoms with van der Waals surface area (Å²) in [5.74, 6) is 0.820. The molecule has 3 rings (SSSR count). The number of aromatic nitrogens is 2. The van der Waals surface area contributed by atoms with Gasteiger partial charge in [0.25, 0.3) is 5.56 Å². The Morgan fingerprint density at radius 2 is 1.86 bits per heavy atom. The number of hydrogen-bond acceptors (Lipinski definition) is 3. The van der Waals surface area contributed by atoms with Crippen LogP contribution >= 0.6 is 0 Å². The first-order valence-corrected chi connectivity index (χ1v) is 9.70. The van der Waals surface area contributed by atoms with Gasteiger partial charge >= 0.3 is 0 Å². The lowest BCUT2D eigenvalue weighted by molar-refractivity contribution is 0.627. The minimum atomic E-state index is 0.00393. The summed E-state index contributed by atoms with van der Waals surface area (Å²) in [5.41, 5.74) is 4.95. The summed E-state index contributed by atoms with van der Waals surface area (Å²) in [5, 5.41) is 9.65. The first kappa shape index (κ1) is 19.6. The molecule has 0 N–H and O–H groups in total. The molecule has 1 heterocycles. The van der Waals surface area contributed by atoms with Crippen molar-refractivity contribution in [2.45, 2.75) is 46.6 Å². The van der Waals surface area contributed by atoms with Gasteiger partial charge in [0.1, 0.15) is 5.82 Å². The lowest BCUT2D eigenvalue weighted by Gasteiger charge is -2.15. The highest BCUT2D eigenvalue weighted by Gasteiger charge is 2.13. The average Bonchev–Trinajstić information content (AvgIpc) is 2.73. The fourth-order valence-corrected chi connectivity index (χ4v) is 3.34. The molecule has 3 aromatic rings. The van der Waals surface area contributed by atoms with Crippen molar-refractivity contribution in [3.63, 3.8) is 0 Å². The number of benzene rings is 2. The molecule has 2 aromatic carbocycles. The lowest BCUT2D eigenvalue weighted by atomic mass is 9.98. The third kappa shape index (κ3) is 4.04. The average molecular weight is 371 g/mol. The number of unbranched alkanes of at least 4 members (excludes halogenated alkanes) is 1. The normalized spacial score (nSPS) is 10.6. The quantitative estimate of drug-likeness (QED) is 0.626. The van der Waals surface area contributed by atoms with Gasteiger partial charge < -0.3 is 0 Å². The van der Waals surface area contributed by atoms with E-state index in [9.17, 15) is 10.1 Å². The number of nitriles is 1. The van der Waals surface area contributed by atoms with E-state index in [0.717, 1.165) is 47.5 Å². The summed E-state index contributed by atoms with van der Waals surface area (Å²) in [6.45, 7) is 6.27. The SMILES string of the molecule is CCCCc1nc(C)c(C)c(=O)n1Cc1ccc(-c2ccccc2)c(C#N)c1. The molecule has 0 bridgehead atoms. The number of hydrogen-bond donors (Lipinski definition) is 0. The maximum Gasteiger partial charge on any atom is 0.256 e. The minimum Gasteiger partial charge on any atom is -0.292 e. The summed E-state index contributed by atoms with van der Waals surface area (Å²) in [7, 11) is 0. The van der Waals surface area contributed by atoms with Crippen molar-refractivity contribution in [3.05, 3.63) is 87.1 Å². The van der Waals surface area contributed by atoms with E-state index in [2.05, 4.69) is 18.0 Å². The van der Waals surface area contributed by atoms with Gasteiger partial charge in [-0.2, -0.15) is 5.26 Å². The highest BCUT2D eigenvalue weighted by molar-refractivity contribution is 5.70. The van der Waals surface area contributed by atoms with E-state index < -0.39 is 0 Å². The maximum atomic E-state index is 12.9. The molecule has 0 saturated heterocycles. The third-order valence-electron chi connectivity index (χ3n) is 5.10. The summed E-state index contributed by atoms with van der Waals surface area (Å²) < 4.78 is 1.76. The zero-order valence-corrected chi connectivity index (χ0v) is 16.7. The second kappa shape index (κ2) is 8.67. The molecule has 0 aliphatic carbocycles. The fourth-order valence-electron chi connectivity index (χ4n) is 3.34. The van der Waals surface area contributed by atoms with Gasteiger partial charge in [0, 0.05) is 17.7 Å². The summed E-state index contributed by atoms with van der Waals surface area (Å²) in [6.07, 6.45) is 2.82. The van der Waals surface area contributed by atoms with E-state index >= 15 is 0 Å². The smallest absolute Gasteiger partial charge is 0.256 e. The monoisotopic (exact) mass is 371 g/mol. The van der Waals surface area contributed by atoms with Gasteiger partial charge in [-0.1, -0.05) is 55.8 Å². The Bertz CT molecular complexity index is 1080. The first-order valence-electron chi connectivity index (χ1n) is 9.70. The molecule has 0 spiro atoms. The Balaban J connectivity index is 2.02. The molecule has 0 fully saturated rings. The largest absolute Gasteiger partial charge is 0.292 e. The van der Waals surface area contributed by atoms with Crippen LogP contribution in [0.2, 0.25) is 0 Å². The van der Waals surface area contributed by atoms with Crippen molar-refractivity contribution in [2.75, 3.05) is 0 Å². The highest BCUT2D eigenvalue weighted by Crippen LogP contribution is 2.24. The second-order valence-corrected chi connectivity index (χ2v) is 7.09. The Hall–Kier alpha value is -3.19. The van der Waals surface area contributed by atoms with Crippen LogP contribution in [0.5, 0.6) is 0 Å². The molecule has 0 amide bonds. The van der Waals surface area contributed by atoms with Crippen LogP contribution in [-0.2, 0) is 13.0 Å². The van der Waals surface area contributed by atoms with Crippen LogP contribution in [0.25, 0.3) is 11.1 Å². The molecule has 4 heteroatoms. The zero-order valence-electron chi connectivity index (χ0n) is 16.7. The van der Waals surface area contributed by atoms with Gasteiger partial charge in [-0.05, 0) is 43.0 Å². The molecule has 142 valence electrons. The van der Waals surface area contributed by atoms with Crippen molar-refractivity contribution in [1.29, 1.82) is 5.26 Å². The predicted molar refractivity (Wildman–Crippen MR) is 112 cm³/mol. The fraction of sp³-hybridized carbons (Fsp3) is 0.292. The van der Waals surface area contributed by atoms with Crippen molar-refractivity contribution in [3.8, 4) is 17.2 Å². The topological polar surface area (TPSA) is 58.7 Å². The molecular weight excluding hydrogens is 346 g/mol. The van der Waals surface area contributed by atoms with Crippen LogP contribution in [0, 0.1) is 25.2 Å². The first-order chi connectivity index (χ1) is 13.5. The van der Waals surface area contributed by atoms with Crippen molar-refractivity contribution >= 4 is 0 Å². The van der Waals surface area contributed by atoms with Crippen molar-refractivity contribution < 1.29 is 0 Å². The number of rotatable bonds is 6. The summed E-state index contributed by atoms with van der Waals surface area (Å²) >= 11 is 0. The number of nitrogens with zero attached hydrogens (tertiary/aromatic N) is 3. The van der Waals surface area contributed by atoms with Crippen LogP contribution in [0.3, 0.4) is 0 Å². The molecule has 0 aliphatic heterocycles. The van der Waals surface area contributed by atoms with E-state index in [1.807, 2.05) is 62.4 Å². The molecule has 0 saturated carbocycles. The van der Waals surface area contributed by atoms with Gasteiger partial charge in [-0.15, -0.1) is 0 Å². The van der Waals surface area contributed by atoms with E-state index in [1.54, 1.807) is 4.57 Å². The van der Waals surface area contributed by atoms with Crippen LogP contribution in [0.1, 0.15) is 48.0 Å². The van der Waals surface area contributed by atoms with Crippen LogP contribution in [0.15, 0.2) is 53.3 Å². The molecule has 0 aliphatic rings. The van der Waals surface area contributed by atoms with Gasteiger partial charge in [-0.3, -0.25) is 9.36 Å². The van der Waals surface area contributed by atoms with E-state index in [0.29, 0.717) is 17.7 Å². The van der Waals surface area contributed by atoms with Crippen LogP contribution in [0.4, 0.5) is 0 Å². The summed E-state index contributed by atoms with van der Waals surface area (Å²) in [4.78, 5) is 17.6. The van der Waals surface area contributed by atoms with E-state index in [4.69, 9.17) is 0 Å². The van der Waals surface area contributed by atoms with Crippen molar-refractivity contribution in [1.82, 2.24) is 9.55 Å². The lowest BCUT2D eigenvalue weighted by Crippen LogP contribution is -2.28. The molecule has 0 atom stereocenters. The van der Waals surface area contributed by atoms with Gasteiger partial charge in [0.2, 0.25) is 0 Å². The standard InChI is InChI=1S/C24H25N3O/c1-4-5-11-23-26-18(3)17(2)24(28)27(23)16-19-12-13-22(21(14-19)15-25)20-9-7-6-8-10-20/h6-10,12-14H,4-5,11,16H2,1-3H3. The predicted octanol–water partition coefficient (Wildman–Crippen LogP) is 4.79. The molecule has 1 aromatic heterocycles.